The maximum Gasteiger partial charge on any atom is 0.235 e. The molecule has 0 saturated heterocycles. The van der Waals surface area contributed by atoms with E-state index in [2.05, 4.69) is 25.9 Å². The van der Waals surface area contributed by atoms with Crippen LogP contribution in [0.4, 0.5) is 5.82 Å². The van der Waals surface area contributed by atoms with E-state index in [4.69, 9.17) is 0 Å². The zero-order valence-electron chi connectivity index (χ0n) is 17.4. The van der Waals surface area contributed by atoms with Gasteiger partial charge in [0.05, 0.1) is 16.8 Å². The molecule has 6 nitrogen and oxygen atoms in total. The fraction of sp³-hybridized carbons (Fsp3) is 0.200. The van der Waals surface area contributed by atoms with E-state index in [1.807, 2.05) is 54.6 Å². The highest BCUT2D eigenvalue weighted by atomic mass is 32.2. The van der Waals surface area contributed by atoms with Gasteiger partial charge in [-0.15, -0.1) is 0 Å². The smallest absolute Gasteiger partial charge is 0.235 e. The third kappa shape index (κ3) is 3.74. The van der Waals surface area contributed by atoms with Crippen LogP contribution in [0.3, 0.4) is 0 Å². The Bertz CT molecular complexity index is 1330. The van der Waals surface area contributed by atoms with Crippen molar-refractivity contribution in [3.05, 3.63) is 77.7 Å². The van der Waals surface area contributed by atoms with Gasteiger partial charge in [-0.3, -0.25) is 9.36 Å². The third-order valence-corrected chi connectivity index (χ3v) is 6.71. The number of rotatable bonds is 5. The van der Waals surface area contributed by atoms with E-state index >= 15 is 0 Å². The van der Waals surface area contributed by atoms with Crippen molar-refractivity contribution in [3.8, 4) is 11.8 Å². The Morgan fingerprint density at radius 3 is 2.69 bits per heavy atom. The summed E-state index contributed by atoms with van der Waals surface area (Å²) in [7, 11) is 0. The summed E-state index contributed by atoms with van der Waals surface area (Å²) in [5.41, 5.74) is 4.57. The molecule has 2 aromatic heterocycles. The predicted molar refractivity (Wildman–Crippen MR) is 126 cm³/mol. The molecular weight excluding hydrogens is 418 g/mol. The minimum absolute atomic E-state index is 0.166. The Morgan fingerprint density at radius 1 is 1.06 bits per heavy atom. The molecule has 0 unspecified atom stereocenters. The summed E-state index contributed by atoms with van der Waals surface area (Å²) in [5, 5.41) is 14.7. The molecule has 2 heterocycles. The van der Waals surface area contributed by atoms with Gasteiger partial charge in [-0.2, -0.15) is 5.26 Å². The Hall–Kier alpha value is -3.63. The van der Waals surface area contributed by atoms with E-state index in [0.29, 0.717) is 11.4 Å². The number of hydrogen-bond acceptors (Lipinski definition) is 5. The molecule has 1 aliphatic rings. The lowest BCUT2D eigenvalue weighted by molar-refractivity contribution is -0.113. The van der Waals surface area contributed by atoms with Crippen molar-refractivity contribution in [2.24, 2.45) is 0 Å². The first-order valence-corrected chi connectivity index (χ1v) is 11.6. The molecule has 5 rings (SSSR count). The quantitative estimate of drug-likeness (QED) is 0.353. The van der Waals surface area contributed by atoms with Crippen LogP contribution < -0.4 is 5.32 Å². The molecule has 158 valence electrons. The monoisotopic (exact) mass is 439 g/mol. The number of benzene rings is 2. The zero-order chi connectivity index (χ0) is 21.9. The third-order valence-electron chi connectivity index (χ3n) is 5.70. The summed E-state index contributed by atoms with van der Waals surface area (Å²) in [5.74, 6) is 0.598. The minimum Gasteiger partial charge on any atom is -0.310 e. The molecule has 4 aromatic rings. The van der Waals surface area contributed by atoms with Gasteiger partial charge in [0, 0.05) is 16.8 Å². The van der Waals surface area contributed by atoms with E-state index in [9.17, 15) is 10.1 Å². The first-order valence-electron chi connectivity index (χ1n) is 10.6. The maximum atomic E-state index is 13.0. The number of aromatic nitrogens is 3. The number of nitriles is 1. The SMILES string of the molecule is N#Cc1c2c(n(-c3ccccc3)c1NC(=O)CSc1ncnc3ccccc13)CCCC2. The van der Waals surface area contributed by atoms with Crippen molar-refractivity contribution >= 4 is 34.4 Å². The van der Waals surface area contributed by atoms with E-state index in [0.717, 1.165) is 58.6 Å². The van der Waals surface area contributed by atoms with Crippen molar-refractivity contribution in [1.82, 2.24) is 14.5 Å². The zero-order valence-corrected chi connectivity index (χ0v) is 18.2. The number of carbonyl (C=O) groups is 1. The number of carbonyl (C=O) groups excluding carboxylic acids is 1. The molecule has 0 bridgehead atoms. The largest absolute Gasteiger partial charge is 0.310 e. The summed E-state index contributed by atoms with van der Waals surface area (Å²) >= 11 is 1.37. The number of para-hydroxylation sites is 2. The number of fused-ring (bicyclic) bond motifs is 2. The summed E-state index contributed by atoms with van der Waals surface area (Å²) < 4.78 is 2.05. The number of nitrogens with zero attached hydrogens (tertiary/aromatic N) is 4. The molecule has 0 saturated carbocycles. The van der Waals surface area contributed by atoms with E-state index in [-0.39, 0.29) is 11.7 Å². The van der Waals surface area contributed by atoms with Gasteiger partial charge in [-0.1, -0.05) is 48.2 Å². The molecule has 2 aromatic carbocycles. The second-order valence-electron chi connectivity index (χ2n) is 7.67. The van der Waals surface area contributed by atoms with Crippen molar-refractivity contribution < 1.29 is 4.79 Å². The van der Waals surface area contributed by atoms with Crippen LogP contribution in [0, 0.1) is 11.3 Å². The van der Waals surface area contributed by atoms with Crippen LogP contribution in [-0.2, 0) is 17.6 Å². The van der Waals surface area contributed by atoms with Crippen molar-refractivity contribution in [1.29, 1.82) is 5.26 Å². The van der Waals surface area contributed by atoms with E-state index < -0.39 is 0 Å². The van der Waals surface area contributed by atoms with Crippen LogP contribution in [0.1, 0.15) is 29.7 Å². The lowest BCUT2D eigenvalue weighted by Crippen LogP contribution is -2.18. The minimum atomic E-state index is -0.166. The molecule has 0 fully saturated rings. The molecule has 7 heteroatoms. The van der Waals surface area contributed by atoms with E-state index in [1.54, 1.807) is 0 Å². The van der Waals surface area contributed by atoms with Gasteiger partial charge in [-0.05, 0) is 49.4 Å². The molecule has 1 N–H and O–H groups in total. The number of amides is 1. The maximum absolute atomic E-state index is 13.0. The molecule has 1 aliphatic carbocycles. The summed E-state index contributed by atoms with van der Waals surface area (Å²) in [6.45, 7) is 0. The second kappa shape index (κ2) is 8.85. The van der Waals surface area contributed by atoms with Crippen LogP contribution >= 0.6 is 11.8 Å². The number of nitrogens with one attached hydrogen (secondary N) is 1. The highest BCUT2D eigenvalue weighted by Crippen LogP contribution is 2.36. The Kier molecular flexibility index (Phi) is 5.61. The van der Waals surface area contributed by atoms with Crippen LogP contribution in [0.2, 0.25) is 0 Å². The molecule has 32 heavy (non-hydrogen) atoms. The first-order chi connectivity index (χ1) is 15.8. The van der Waals surface area contributed by atoms with Crippen molar-refractivity contribution in [2.45, 2.75) is 30.7 Å². The van der Waals surface area contributed by atoms with Crippen LogP contribution in [0.25, 0.3) is 16.6 Å². The van der Waals surface area contributed by atoms with Gasteiger partial charge in [-0.25, -0.2) is 9.97 Å². The van der Waals surface area contributed by atoms with Gasteiger partial charge in [0.2, 0.25) is 5.91 Å². The summed E-state index contributed by atoms with van der Waals surface area (Å²) in [6, 6.07) is 20.0. The summed E-state index contributed by atoms with van der Waals surface area (Å²) in [4.78, 5) is 21.6. The standard InChI is InChI=1S/C25H21N5OS/c26-14-20-18-10-5-7-13-22(18)30(17-8-2-1-3-9-17)24(20)29-23(31)15-32-25-19-11-4-6-12-21(19)27-16-28-25/h1-4,6,8-9,11-12,16H,5,7,10,13,15H2,(H,29,31). The lowest BCUT2D eigenvalue weighted by atomic mass is 9.95. The van der Waals surface area contributed by atoms with Gasteiger partial charge >= 0.3 is 0 Å². The second-order valence-corrected chi connectivity index (χ2v) is 8.64. The van der Waals surface area contributed by atoms with E-state index in [1.165, 1.54) is 18.1 Å². The van der Waals surface area contributed by atoms with Crippen LogP contribution in [-0.4, -0.2) is 26.2 Å². The van der Waals surface area contributed by atoms with Gasteiger partial charge in [0.15, 0.2) is 0 Å². The van der Waals surface area contributed by atoms with Crippen molar-refractivity contribution in [3.63, 3.8) is 0 Å². The molecule has 0 atom stereocenters. The first kappa shape index (κ1) is 20.3. The number of hydrogen-bond donors (Lipinski definition) is 1. The molecular formula is C25H21N5OS. The van der Waals surface area contributed by atoms with Crippen molar-refractivity contribution in [2.75, 3.05) is 11.1 Å². The number of anilines is 1. The predicted octanol–water partition coefficient (Wildman–Crippen LogP) is 4.90. The highest BCUT2D eigenvalue weighted by Gasteiger charge is 2.26. The average molecular weight is 440 g/mol. The van der Waals surface area contributed by atoms with Crippen LogP contribution in [0.5, 0.6) is 0 Å². The highest BCUT2D eigenvalue weighted by molar-refractivity contribution is 8.00. The van der Waals surface area contributed by atoms with Gasteiger partial charge in [0.25, 0.3) is 0 Å². The van der Waals surface area contributed by atoms with Gasteiger partial charge < -0.3 is 5.32 Å². The lowest BCUT2D eigenvalue weighted by Gasteiger charge is -2.17. The number of thioether (sulfide) groups is 1. The molecule has 0 spiro atoms. The normalized spacial score (nSPS) is 12.8. The summed E-state index contributed by atoms with van der Waals surface area (Å²) in [6.07, 6.45) is 5.42. The molecule has 0 aliphatic heterocycles. The fourth-order valence-corrected chi connectivity index (χ4v) is 5.08. The molecule has 0 radical (unpaired) electrons. The Morgan fingerprint density at radius 2 is 1.84 bits per heavy atom. The van der Waals surface area contributed by atoms with Gasteiger partial charge in [0.1, 0.15) is 23.2 Å². The Labute approximate surface area is 190 Å². The average Bonchev–Trinajstić information content (AvgIpc) is 3.16. The fourth-order valence-electron chi connectivity index (χ4n) is 4.29. The Balaban J connectivity index is 1.45. The molecule has 1 amide bonds. The topological polar surface area (TPSA) is 83.6 Å². The van der Waals surface area contributed by atoms with Crippen LogP contribution in [0.15, 0.2) is 66.0 Å².